The van der Waals surface area contributed by atoms with Gasteiger partial charge in [0.25, 0.3) is 11.8 Å². The van der Waals surface area contributed by atoms with E-state index in [0.29, 0.717) is 48.3 Å². The maximum Gasteiger partial charge on any atom is 0.294 e. The lowest BCUT2D eigenvalue weighted by Gasteiger charge is -2.48. The van der Waals surface area contributed by atoms with Gasteiger partial charge in [0.1, 0.15) is 23.8 Å². The van der Waals surface area contributed by atoms with Gasteiger partial charge >= 0.3 is 0 Å². The minimum absolute atomic E-state index is 0.0555. The summed E-state index contributed by atoms with van der Waals surface area (Å²) in [5, 5.41) is 6.25. The maximum absolute atomic E-state index is 14.6. The fourth-order valence-electron chi connectivity index (χ4n) is 5.89. The van der Waals surface area contributed by atoms with Crippen molar-refractivity contribution >= 4 is 28.7 Å². The monoisotopic (exact) mass is 595 g/mol. The quantitative estimate of drug-likeness (QED) is 0.407. The van der Waals surface area contributed by atoms with E-state index in [2.05, 4.69) is 10.6 Å². The van der Waals surface area contributed by atoms with Crippen LogP contribution in [0.5, 0.6) is 11.5 Å². The molecule has 3 aromatic rings. The highest BCUT2D eigenvalue weighted by atomic mass is 19.1. The summed E-state index contributed by atoms with van der Waals surface area (Å²) in [6.45, 7) is 4.05. The van der Waals surface area contributed by atoms with Crippen molar-refractivity contribution in [3.63, 3.8) is 0 Å². The van der Waals surface area contributed by atoms with E-state index in [1.807, 2.05) is 6.92 Å². The lowest BCUT2D eigenvalue weighted by atomic mass is 9.83. The van der Waals surface area contributed by atoms with Crippen molar-refractivity contribution in [2.75, 3.05) is 34.0 Å². The summed E-state index contributed by atoms with van der Waals surface area (Å²) in [4.78, 5) is 42.4. The van der Waals surface area contributed by atoms with Gasteiger partial charge in [-0.15, -0.1) is 0 Å². The predicted molar refractivity (Wildman–Crippen MR) is 152 cm³/mol. The van der Waals surface area contributed by atoms with Gasteiger partial charge in [0.05, 0.1) is 37.4 Å². The Labute approximate surface area is 247 Å². The van der Waals surface area contributed by atoms with E-state index in [-0.39, 0.29) is 48.3 Å². The molecule has 228 valence electrons. The fourth-order valence-corrected chi connectivity index (χ4v) is 5.89. The third kappa shape index (κ3) is 4.98. The number of fused-ring (bicyclic) bond motifs is 3. The van der Waals surface area contributed by atoms with Gasteiger partial charge in [-0.25, -0.2) is 4.39 Å². The summed E-state index contributed by atoms with van der Waals surface area (Å²) >= 11 is 0. The van der Waals surface area contributed by atoms with Gasteiger partial charge in [-0.3, -0.25) is 14.4 Å². The third-order valence-corrected chi connectivity index (χ3v) is 8.58. The molecule has 0 spiro atoms. The summed E-state index contributed by atoms with van der Waals surface area (Å²) in [5.74, 6) is -1.41. The molecule has 2 fully saturated rings. The van der Waals surface area contributed by atoms with Crippen LogP contribution in [0.2, 0.25) is 0 Å². The van der Waals surface area contributed by atoms with Crippen molar-refractivity contribution in [3.8, 4) is 11.5 Å². The zero-order valence-electron chi connectivity index (χ0n) is 24.5. The second-order valence-electron chi connectivity index (χ2n) is 11.8. The van der Waals surface area contributed by atoms with Crippen LogP contribution in [0, 0.1) is 5.82 Å². The second kappa shape index (κ2) is 10.8. The van der Waals surface area contributed by atoms with Crippen LogP contribution < -0.4 is 20.1 Å². The zero-order valence-corrected chi connectivity index (χ0v) is 24.5. The first-order valence-corrected chi connectivity index (χ1v) is 14.1. The third-order valence-electron chi connectivity index (χ3n) is 8.58. The number of hydrogen-bond donors (Lipinski definition) is 2. The molecule has 2 aromatic carbocycles. The van der Waals surface area contributed by atoms with Crippen molar-refractivity contribution < 1.29 is 42.1 Å². The lowest BCUT2D eigenvalue weighted by Crippen LogP contribution is -2.66. The normalized spacial score (nSPS) is 24.2. The number of furan rings is 1. The van der Waals surface area contributed by atoms with Crippen molar-refractivity contribution in [1.29, 1.82) is 0 Å². The number of methoxy groups -OCH3 is 2. The second-order valence-corrected chi connectivity index (χ2v) is 11.8. The Morgan fingerprint density at radius 3 is 2.56 bits per heavy atom. The number of halogens is 1. The number of amides is 3. The molecule has 2 N–H and O–H groups in total. The number of nitrogens with zero attached hydrogens (tertiary/aromatic N) is 1. The molecule has 1 saturated heterocycles. The number of ether oxygens (including phenoxy) is 4. The van der Waals surface area contributed by atoms with Gasteiger partial charge < -0.3 is 38.9 Å². The van der Waals surface area contributed by atoms with E-state index >= 15 is 0 Å². The van der Waals surface area contributed by atoms with Crippen LogP contribution in [0.3, 0.4) is 0 Å². The van der Waals surface area contributed by atoms with Gasteiger partial charge in [-0.2, -0.15) is 0 Å². The maximum atomic E-state index is 14.6. The van der Waals surface area contributed by atoms with E-state index in [1.54, 1.807) is 38.3 Å². The smallest absolute Gasteiger partial charge is 0.294 e. The number of rotatable bonds is 8. The van der Waals surface area contributed by atoms with E-state index < -0.39 is 28.7 Å². The first-order valence-electron chi connectivity index (χ1n) is 14.1. The van der Waals surface area contributed by atoms with Gasteiger partial charge in [-0.1, -0.05) is 6.07 Å². The number of nitrogens with one attached hydrogen (secondary N) is 2. The highest BCUT2D eigenvalue weighted by Gasteiger charge is 2.53. The van der Waals surface area contributed by atoms with Gasteiger partial charge in [-0.05, 0) is 57.0 Å². The van der Waals surface area contributed by atoms with E-state index in [0.717, 1.165) is 0 Å². The predicted octanol–water partition coefficient (Wildman–Crippen LogP) is 3.19. The average molecular weight is 596 g/mol. The van der Waals surface area contributed by atoms with Crippen LogP contribution in [-0.2, 0) is 20.8 Å². The molecule has 0 radical (unpaired) electrons. The minimum atomic E-state index is -1.47. The molecular formula is C31H34FN3O8. The van der Waals surface area contributed by atoms with Crippen LogP contribution in [0.4, 0.5) is 4.39 Å². The summed E-state index contributed by atoms with van der Waals surface area (Å²) in [6.07, 6.45) is 0.986. The molecule has 1 aromatic heterocycles. The number of carbonyl (C=O) groups is 3. The van der Waals surface area contributed by atoms with Crippen molar-refractivity contribution in [1.82, 2.24) is 15.5 Å². The molecule has 3 aliphatic rings. The first-order chi connectivity index (χ1) is 20.6. The Morgan fingerprint density at radius 1 is 1.12 bits per heavy atom. The van der Waals surface area contributed by atoms with Gasteiger partial charge in [0.15, 0.2) is 11.3 Å². The van der Waals surface area contributed by atoms with Gasteiger partial charge in [0.2, 0.25) is 11.7 Å². The molecule has 3 heterocycles. The Hall–Kier alpha value is -4.16. The Kier molecular flexibility index (Phi) is 7.29. The van der Waals surface area contributed by atoms with E-state index in [9.17, 15) is 18.8 Å². The summed E-state index contributed by atoms with van der Waals surface area (Å²) in [7, 11) is 3.03. The zero-order chi connectivity index (χ0) is 30.5. The van der Waals surface area contributed by atoms with Crippen molar-refractivity contribution in [3.05, 3.63) is 59.1 Å². The van der Waals surface area contributed by atoms with E-state index in [1.165, 1.54) is 24.1 Å². The average Bonchev–Trinajstić information content (AvgIpc) is 3.28. The molecule has 1 aliphatic carbocycles. The number of carbonyl (C=O) groups excluding carboxylic acids is 3. The Bertz CT molecular complexity index is 1600. The molecule has 3 amide bonds. The standard InChI is InChI=1S/C31H34FN3O8/c1-30(14-41-15-30)34-27(36)17-8-9-20-24(10-17)43-26-25(20)42-16-31(2,35(28(26)37)18-11-19(12-18)39-3)29(38)33-13-21-22(32)6-5-7-23(21)40-4/h5-10,18-19H,11-16H2,1-4H3,(H,33,38)(H,34,36). The van der Waals surface area contributed by atoms with Crippen LogP contribution >= 0.6 is 0 Å². The number of hydrogen-bond acceptors (Lipinski definition) is 8. The van der Waals surface area contributed by atoms with Gasteiger partial charge in [0, 0.05) is 30.8 Å². The Balaban J connectivity index is 1.30. The summed E-state index contributed by atoms with van der Waals surface area (Å²) in [5.41, 5.74) is -1.04. The molecule has 1 unspecified atom stereocenters. The van der Waals surface area contributed by atoms with Crippen LogP contribution in [0.25, 0.3) is 11.0 Å². The van der Waals surface area contributed by atoms with Crippen LogP contribution in [-0.4, -0.2) is 79.9 Å². The molecule has 2 aliphatic heterocycles. The van der Waals surface area contributed by atoms with Crippen molar-refractivity contribution in [2.45, 2.75) is 56.5 Å². The SMILES string of the molecule is COc1cccc(F)c1CNC(=O)C1(C)COc2c(oc3cc(C(=O)NC4(C)COC4)ccc23)C(=O)N1C1CC(OC)C1. The minimum Gasteiger partial charge on any atom is -0.496 e. The molecule has 1 saturated carbocycles. The molecule has 12 heteroatoms. The Morgan fingerprint density at radius 2 is 1.88 bits per heavy atom. The largest absolute Gasteiger partial charge is 0.496 e. The number of benzene rings is 2. The van der Waals surface area contributed by atoms with Crippen LogP contribution in [0.15, 0.2) is 40.8 Å². The molecule has 0 bridgehead atoms. The highest BCUT2D eigenvalue weighted by Crippen LogP contribution is 2.42. The molecule has 1 atom stereocenters. The summed E-state index contributed by atoms with van der Waals surface area (Å²) < 4.78 is 42.7. The topological polar surface area (TPSA) is 129 Å². The molecule has 43 heavy (non-hydrogen) atoms. The fraction of sp³-hybridized carbons (Fsp3) is 0.452. The highest BCUT2D eigenvalue weighted by molar-refractivity contribution is 6.06. The summed E-state index contributed by atoms with van der Waals surface area (Å²) in [6, 6.07) is 8.96. The molecule has 6 rings (SSSR count). The van der Waals surface area contributed by atoms with Crippen molar-refractivity contribution in [2.24, 2.45) is 0 Å². The molecule has 11 nitrogen and oxygen atoms in total. The molecular weight excluding hydrogens is 561 g/mol. The van der Waals surface area contributed by atoms with Crippen LogP contribution in [0.1, 0.15) is 53.2 Å². The first kappa shape index (κ1) is 28.9. The lowest BCUT2D eigenvalue weighted by molar-refractivity contribution is -0.138. The van der Waals surface area contributed by atoms with E-state index in [4.69, 9.17) is 23.4 Å².